The lowest BCUT2D eigenvalue weighted by Crippen LogP contribution is -2.34. The Bertz CT molecular complexity index is 194. The third-order valence-electron chi connectivity index (χ3n) is 1.53. The summed E-state index contributed by atoms with van der Waals surface area (Å²) in [6, 6.07) is -0.803. The van der Waals surface area contributed by atoms with Gasteiger partial charge >= 0.3 is 5.97 Å². The standard InChI is InChI=1S/C6H8FNO3/c1-11-6(10)4-2-3(7)5(9)8-4/h3-4H,2H2,1H3,(H,8,9)/t3?,4-/m0/s1. The molecule has 1 unspecified atom stereocenters. The molecule has 0 aliphatic carbocycles. The third-order valence-corrected chi connectivity index (χ3v) is 1.53. The van der Waals surface area contributed by atoms with Crippen LogP contribution in [0.1, 0.15) is 6.42 Å². The highest BCUT2D eigenvalue weighted by molar-refractivity contribution is 5.90. The highest BCUT2D eigenvalue weighted by Crippen LogP contribution is 2.11. The van der Waals surface area contributed by atoms with Crippen LogP contribution in [0.3, 0.4) is 0 Å². The van der Waals surface area contributed by atoms with Gasteiger partial charge in [0.1, 0.15) is 6.04 Å². The zero-order chi connectivity index (χ0) is 8.43. The summed E-state index contributed by atoms with van der Waals surface area (Å²) in [6.07, 6.45) is -1.69. The van der Waals surface area contributed by atoms with Crippen LogP contribution in [0.4, 0.5) is 4.39 Å². The molecule has 4 nitrogen and oxygen atoms in total. The number of halogens is 1. The van der Waals surface area contributed by atoms with E-state index in [4.69, 9.17) is 0 Å². The third kappa shape index (κ3) is 1.47. The number of nitrogens with one attached hydrogen (secondary N) is 1. The largest absolute Gasteiger partial charge is 0.467 e. The number of carbonyl (C=O) groups is 2. The van der Waals surface area contributed by atoms with Crippen LogP contribution in [-0.4, -0.2) is 31.2 Å². The predicted molar refractivity (Wildman–Crippen MR) is 33.5 cm³/mol. The summed E-state index contributed by atoms with van der Waals surface area (Å²) in [7, 11) is 1.19. The van der Waals surface area contributed by atoms with Crippen molar-refractivity contribution in [3.05, 3.63) is 0 Å². The van der Waals surface area contributed by atoms with Crippen LogP contribution in [0, 0.1) is 0 Å². The zero-order valence-electron chi connectivity index (χ0n) is 5.96. The molecule has 0 aromatic heterocycles. The van der Waals surface area contributed by atoms with E-state index in [1.807, 2.05) is 0 Å². The Hall–Kier alpha value is -1.13. The van der Waals surface area contributed by atoms with Gasteiger partial charge in [0, 0.05) is 6.42 Å². The quantitative estimate of drug-likeness (QED) is 0.522. The van der Waals surface area contributed by atoms with E-state index in [-0.39, 0.29) is 6.42 Å². The molecular weight excluding hydrogens is 153 g/mol. The fourth-order valence-electron chi connectivity index (χ4n) is 0.932. The topological polar surface area (TPSA) is 55.4 Å². The average molecular weight is 161 g/mol. The summed E-state index contributed by atoms with van der Waals surface area (Å²) in [4.78, 5) is 21.2. The Labute approximate surface area is 62.7 Å². The summed E-state index contributed by atoms with van der Waals surface area (Å²) in [5.41, 5.74) is 0. The van der Waals surface area contributed by atoms with E-state index >= 15 is 0 Å². The molecule has 1 amide bonds. The van der Waals surface area contributed by atoms with E-state index in [2.05, 4.69) is 10.1 Å². The Morgan fingerprint density at radius 3 is 2.82 bits per heavy atom. The normalized spacial score (nSPS) is 29.8. The van der Waals surface area contributed by atoms with Gasteiger partial charge < -0.3 is 10.1 Å². The smallest absolute Gasteiger partial charge is 0.328 e. The van der Waals surface area contributed by atoms with Crippen LogP contribution in [0.5, 0.6) is 0 Å². The second-order valence-corrected chi connectivity index (χ2v) is 2.29. The first kappa shape index (κ1) is 7.97. The molecule has 0 spiro atoms. The minimum Gasteiger partial charge on any atom is -0.467 e. The van der Waals surface area contributed by atoms with Crippen molar-refractivity contribution in [1.29, 1.82) is 0 Å². The maximum atomic E-state index is 12.4. The van der Waals surface area contributed by atoms with Crippen molar-refractivity contribution in [1.82, 2.24) is 5.32 Å². The molecule has 2 atom stereocenters. The molecule has 11 heavy (non-hydrogen) atoms. The SMILES string of the molecule is COC(=O)[C@@H]1CC(F)C(=O)N1. The summed E-state index contributed by atoms with van der Waals surface area (Å²) in [5, 5.41) is 2.17. The Kier molecular flexibility index (Phi) is 2.07. The second-order valence-electron chi connectivity index (χ2n) is 2.29. The van der Waals surface area contributed by atoms with Gasteiger partial charge in [-0.1, -0.05) is 0 Å². The minimum absolute atomic E-state index is 0.120. The highest BCUT2D eigenvalue weighted by Gasteiger charge is 2.36. The molecule has 1 fully saturated rings. The van der Waals surface area contributed by atoms with Crippen molar-refractivity contribution in [3.8, 4) is 0 Å². The van der Waals surface area contributed by atoms with Gasteiger partial charge in [-0.15, -0.1) is 0 Å². The Morgan fingerprint density at radius 2 is 2.45 bits per heavy atom. The van der Waals surface area contributed by atoms with Crippen LogP contribution in [0.15, 0.2) is 0 Å². The van der Waals surface area contributed by atoms with Crippen molar-refractivity contribution in [2.75, 3.05) is 7.11 Å². The van der Waals surface area contributed by atoms with Crippen molar-refractivity contribution < 1.29 is 18.7 Å². The first-order valence-corrected chi connectivity index (χ1v) is 3.17. The van der Waals surface area contributed by atoms with E-state index in [1.54, 1.807) is 0 Å². The molecule has 0 saturated carbocycles. The number of carbonyl (C=O) groups excluding carboxylic acids is 2. The fourth-order valence-corrected chi connectivity index (χ4v) is 0.932. The molecule has 5 heteroatoms. The molecule has 0 bridgehead atoms. The number of methoxy groups -OCH3 is 1. The van der Waals surface area contributed by atoms with E-state index in [1.165, 1.54) is 7.11 Å². The number of hydrogen-bond acceptors (Lipinski definition) is 3. The molecule has 1 N–H and O–H groups in total. The van der Waals surface area contributed by atoms with Gasteiger partial charge in [-0.2, -0.15) is 0 Å². The molecule has 0 radical (unpaired) electrons. The van der Waals surface area contributed by atoms with Crippen LogP contribution in [0.2, 0.25) is 0 Å². The Morgan fingerprint density at radius 1 is 1.82 bits per heavy atom. The van der Waals surface area contributed by atoms with Gasteiger partial charge in [0.25, 0.3) is 5.91 Å². The maximum absolute atomic E-state index is 12.4. The number of alkyl halides is 1. The fraction of sp³-hybridized carbons (Fsp3) is 0.667. The van der Waals surface area contributed by atoms with Crippen LogP contribution in [0.25, 0.3) is 0 Å². The molecular formula is C6H8FNO3. The van der Waals surface area contributed by atoms with Crippen LogP contribution < -0.4 is 5.32 Å². The monoisotopic (exact) mass is 161 g/mol. The van der Waals surface area contributed by atoms with Gasteiger partial charge in [-0.3, -0.25) is 4.79 Å². The lowest BCUT2D eigenvalue weighted by atomic mass is 10.2. The average Bonchev–Trinajstić information content (AvgIpc) is 2.31. The van der Waals surface area contributed by atoms with E-state index < -0.39 is 24.1 Å². The van der Waals surface area contributed by atoms with E-state index in [0.29, 0.717) is 0 Å². The molecule has 1 aliphatic rings. The zero-order valence-corrected chi connectivity index (χ0v) is 5.96. The number of amides is 1. The molecule has 1 saturated heterocycles. The summed E-state index contributed by atoms with van der Waals surface area (Å²) < 4.78 is 16.8. The molecule has 1 rings (SSSR count). The van der Waals surface area contributed by atoms with Gasteiger partial charge in [0.2, 0.25) is 0 Å². The number of ether oxygens (including phenoxy) is 1. The second kappa shape index (κ2) is 2.86. The van der Waals surface area contributed by atoms with Gasteiger partial charge in [-0.05, 0) is 0 Å². The molecule has 0 aromatic carbocycles. The first-order valence-electron chi connectivity index (χ1n) is 3.17. The first-order chi connectivity index (χ1) is 5.15. The van der Waals surface area contributed by atoms with Crippen molar-refractivity contribution >= 4 is 11.9 Å². The van der Waals surface area contributed by atoms with Crippen LogP contribution in [-0.2, 0) is 14.3 Å². The Balaban J connectivity index is 2.53. The van der Waals surface area contributed by atoms with Gasteiger partial charge in [0.15, 0.2) is 6.17 Å². The molecule has 1 aliphatic heterocycles. The highest BCUT2D eigenvalue weighted by atomic mass is 19.1. The van der Waals surface area contributed by atoms with Crippen molar-refractivity contribution in [3.63, 3.8) is 0 Å². The summed E-state index contributed by atoms with van der Waals surface area (Å²) in [6.45, 7) is 0. The summed E-state index contributed by atoms with van der Waals surface area (Å²) >= 11 is 0. The lowest BCUT2D eigenvalue weighted by Gasteiger charge is -2.04. The number of rotatable bonds is 1. The molecule has 62 valence electrons. The van der Waals surface area contributed by atoms with Crippen molar-refractivity contribution in [2.45, 2.75) is 18.6 Å². The van der Waals surface area contributed by atoms with E-state index in [0.717, 1.165) is 0 Å². The van der Waals surface area contributed by atoms with Gasteiger partial charge in [-0.25, -0.2) is 9.18 Å². The van der Waals surface area contributed by atoms with Crippen molar-refractivity contribution in [2.24, 2.45) is 0 Å². The molecule has 1 heterocycles. The van der Waals surface area contributed by atoms with Crippen LogP contribution >= 0.6 is 0 Å². The number of esters is 1. The van der Waals surface area contributed by atoms with E-state index in [9.17, 15) is 14.0 Å². The maximum Gasteiger partial charge on any atom is 0.328 e. The van der Waals surface area contributed by atoms with Gasteiger partial charge in [0.05, 0.1) is 7.11 Å². The lowest BCUT2D eigenvalue weighted by molar-refractivity contribution is -0.143. The molecule has 0 aromatic rings. The summed E-state index contributed by atoms with van der Waals surface area (Å²) in [5.74, 6) is -1.33. The minimum atomic E-state index is -1.57. The predicted octanol–water partition coefficient (Wildman–Crippen LogP) is -0.614. The number of hydrogen-bond donors (Lipinski definition) is 1.